The Bertz CT molecular complexity index is 891. The summed E-state index contributed by atoms with van der Waals surface area (Å²) in [6, 6.07) is 8.15. The molecule has 0 spiro atoms. The standard InChI is InChI=1S/C18H34O2.C13H14N2/c1-2-3-4-5-6-7-8-9-10-11-12-13-14-15-16-17-18(19)20;14-13-9-5-1-3-7-11(9)15-12-8-4-2-6-10(12)13/h9-10H,2-8,11-17H2,1H3,(H,19,20);1,3,5,7H,2,4,6,8H2,(H2,14,15). The Morgan fingerprint density at radius 1 is 0.886 bits per heavy atom. The number of nitrogen functional groups attached to an aromatic ring is 1. The first-order valence-electron chi connectivity index (χ1n) is 14.2. The molecule has 0 saturated carbocycles. The number of unbranched alkanes of at least 4 members (excludes halogenated alkanes) is 11. The molecule has 0 radical (unpaired) electrons. The number of carboxylic acid groups (broad SMARTS) is 1. The van der Waals surface area contributed by atoms with Gasteiger partial charge in [0.1, 0.15) is 0 Å². The van der Waals surface area contributed by atoms with Crippen LogP contribution in [0, 0.1) is 0 Å². The van der Waals surface area contributed by atoms with Crippen molar-refractivity contribution < 1.29 is 9.90 Å². The first-order valence-corrected chi connectivity index (χ1v) is 14.2. The summed E-state index contributed by atoms with van der Waals surface area (Å²) in [6.45, 7) is 2.26. The number of nitrogens with two attached hydrogens (primary N) is 1. The number of benzene rings is 1. The van der Waals surface area contributed by atoms with Crippen LogP contribution in [0.2, 0.25) is 0 Å². The number of anilines is 1. The van der Waals surface area contributed by atoms with Gasteiger partial charge in [0.15, 0.2) is 0 Å². The van der Waals surface area contributed by atoms with Crippen LogP contribution in [0.25, 0.3) is 10.9 Å². The van der Waals surface area contributed by atoms with Crippen molar-refractivity contribution in [2.75, 3.05) is 5.73 Å². The van der Waals surface area contributed by atoms with E-state index in [2.05, 4.69) is 25.1 Å². The number of carbonyl (C=O) groups is 1. The van der Waals surface area contributed by atoms with Crippen molar-refractivity contribution in [1.82, 2.24) is 4.98 Å². The van der Waals surface area contributed by atoms with Crippen LogP contribution >= 0.6 is 0 Å². The number of fused-ring (bicyclic) bond motifs is 2. The molecule has 194 valence electrons. The summed E-state index contributed by atoms with van der Waals surface area (Å²) in [4.78, 5) is 15.0. The van der Waals surface area contributed by atoms with Gasteiger partial charge in [0.2, 0.25) is 0 Å². The Morgan fingerprint density at radius 2 is 1.49 bits per heavy atom. The average Bonchev–Trinajstić information content (AvgIpc) is 2.87. The Morgan fingerprint density at radius 3 is 2.17 bits per heavy atom. The van der Waals surface area contributed by atoms with E-state index in [0.717, 1.165) is 42.3 Å². The van der Waals surface area contributed by atoms with Gasteiger partial charge in [-0.05, 0) is 69.4 Å². The van der Waals surface area contributed by atoms with E-state index in [1.807, 2.05) is 18.2 Å². The SMILES string of the molecule is CCCCCCCCC=CCCCCCCCC(=O)O.Nc1c2c(nc3ccccc13)CCCC2. The van der Waals surface area contributed by atoms with Crippen molar-refractivity contribution in [1.29, 1.82) is 0 Å². The fourth-order valence-corrected chi connectivity index (χ4v) is 4.76. The molecule has 1 aromatic carbocycles. The van der Waals surface area contributed by atoms with Gasteiger partial charge in [0, 0.05) is 23.2 Å². The number of hydrogen-bond acceptors (Lipinski definition) is 3. The largest absolute Gasteiger partial charge is 0.481 e. The summed E-state index contributed by atoms with van der Waals surface area (Å²) < 4.78 is 0. The molecule has 4 heteroatoms. The van der Waals surface area contributed by atoms with Crippen LogP contribution in [-0.2, 0) is 17.6 Å². The molecule has 1 aliphatic carbocycles. The molecule has 2 aromatic rings. The molecule has 0 bridgehead atoms. The molecule has 0 aliphatic heterocycles. The van der Waals surface area contributed by atoms with E-state index in [-0.39, 0.29) is 0 Å². The van der Waals surface area contributed by atoms with Crippen molar-refractivity contribution in [2.45, 2.75) is 122 Å². The minimum Gasteiger partial charge on any atom is -0.481 e. The molecule has 4 nitrogen and oxygen atoms in total. The highest BCUT2D eigenvalue weighted by Crippen LogP contribution is 2.30. The van der Waals surface area contributed by atoms with Gasteiger partial charge in [0.05, 0.1) is 5.52 Å². The number of carboxylic acids is 1. The van der Waals surface area contributed by atoms with Crippen molar-refractivity contribution >= 4 is 22.6 Å². The van der Waals surface area contributed by atoms with E-state index in [0.29, 0.717) is 6.42 Å². The van der Waals surface area contributed by atoms with Crippen molar-refractivity contribution in [3.63, 3.8) is 0 Å². The number of rotatable bonds is 15. The maximum atomic E-state index is 10.3. The van der Waals surface area contributed by atoms with Crippen LogP contribution in [-0.4, -0.2) is 16.1 Å². The van der Waals surface area contributed by atoms with Crippen LogP contribution in [0.1, 0.15) is 121 Å². The highest BCUT2D eigenvalue weighted by atomic mass is 16.4. The van der Waals surface area contributed by atoms with Crippen LogP contribution in [0.15, 0.2) is 36.4 Å². The molecule has 1 aliphatic rings. The number of hydrogen-bond donors (Lipinski definition) is 2. The number of pyridine rings is 1. The molecule has 0 atom stereocenters. The molecule has 3 N–H and O–H groups in total. The van der Waals surface area contributed by atoms with Gasteiger partial charge < -0.3 is 10.8 Å². The van der Waals surface area contributed by atoms with Gasteiger partial charge >= 0.3 is 5.97 Å². The molecule has 3 rings (SSSR count). The summed E-state index contributed by atoms with van der Waals surface area (Å²) >= 11 is 0. The van der Waals surface area contributed by atoms with E-state index < -0.39 is 5.97 Å². The monoisotopic (exact) mass is 480 g/mol. The lowest BCUT2D eigenvalue weighted by molar-refractivity contribution is -0.137. The van der Waals surface area contributed by atoms with E-state index in [4.69, 9.17) is 15.8 Å². The highest BCUT2D eigenvalue weighted by molar-refractivity contribution is 5.92. The molecule has 35 heavy (non-hydrogen) atoms. The third kappa shape index (κ3) is 11.7. The lowest BCUT2D eigenvalue weighted by atomic mass is 9.93. The lowest BCUT2D eigenvalue weighted by Crippen LogP contribution is -2.09. The molecular weight excluding hydrogens is 432 g/mol. The fraction of sp³-hybridized carbons (Fsp3) is 0.613. The van der Waals surface area contributed by atoms with E-state index in [9.17, 15) is 4.79 Å². The maximum Gasteiger partial charge on any atom is 0.303 e. The maximum absolute atomic E-state index is 10.3. The van der Waals surface area contributed by atoms with Gasteiger partial charge in [-0.15, -0.1) is 0 Å². The zero-order valence-corrected chi connectivity index (χ0v) is 22.1. The first kappa shape index (κ1) is 28.9. The van der Waals surface area contributed by atoms with Gasteiger partial charge in [-0.25, -0.2) is 0 Å². The summed E-state index contributed by atoms with van der Waals surface area (Å²) in [5.74, 6) is -0.664. The van der Waals surface area contributed by atoms with Gasteiger partial charge in [0.25, 0.3) is 0 Å². The number of nitrogens with zero attached hydrogens (tertiary/aromatic N) is 1. The van der Waals surface area contributed by atoms with E-state index in [1.54, 1.807) is 0 Å². The number of allylic oxidation sites excluding steroid dienone is 2. The Hall–Kier alpha value is -2.36. The van der Waals surface area contributed by atoms with Crippen LogP contribution < -0.4 is 5.73 Å². The predicted octanol–water partition coefficient (Wildman–Crippen LogP) is 8.80. The minimum absolute atomic E-state index is 0.332. The average molecular weight is 481 g/mol. The van der Waals surface area contributed by atoms with Crippen LogP contribution in [0.3, 0.4) is 0 Å². The summed E-state index contributed by atoms with van der Waals surface area (Å²) in [5, 5.41) is 9.62. The molecule has 0 unspecified atom stereocenters. The molecular formula is C31H48N2O2. The number of aromatic nitrogens is 1. The van der Waals surface area contributed by atoms with Crippen LogP contribution in [0.5, 0.6) is 0 Å². The molecule has 1 aromatic heterocycles. The normalized spacial score (nSPS) is 12.9. The highest BCUT2D eigenvalue weighted by Gasteiger charge is 2.15. The second-order valence-corrected chi connectivity index (χ2v) is 9.90. The second-order valence-electron chi connectivity index (χ2n) is 9.90. The molecule has 0 amide bonds. The topological polar surface area (TPSA) is 76.2 Å². The van der Waals surface area contributed by atoms with E-state index >= 15 is 0 Å². The van der Waals surface area contributed by atoms with Gasteiger partial charge in [-0.2, -0.15) is 0 Å². The van der Waals surface area contributed by atoms with Crippen LogP contribution in [0.4, 0.5) is 5.69 Å². The van der Waals surface area contributed by atoms with Crippen molar-refractivity contribution in [3.05, 3.63) is 47.7 Å². The number of aryl methyl sites for hydroxylation is 1. The third-order valence-electron chi connectivity index (χ3n) is 6.87. The number of aliphatic carboxylic acids is 1. The molecule has 0 fully saturated rings. The number of para-hydroxylation sites is 1. The quantitative estimate of drug-likeness (QED) is 0.197. The first-order chi connectivity index (χ1) is 17.1. The summed E-state index contributed by atoms with van der Waals surface area (Å²) in [6.07, 6.45) is 25.9. The Labute approximate surface area is 213 Å². The fourth-order valence-electron chi connectivity index (χ4n) is 4.76. The second kappa shape index (κ2) is 18.0. The Balaban J connectivity index is 0.000000254. The third-order valence-corrected chi connectivity index (χ3v) is 6.87. The summed E-state index contributed by atoms with van der Waals surface area (Å²) in [7, 11) is 0. The van der Waals surface area contributed by atoms with Gasteiger partial charge in [-0.1, -0.05) is 88.6 Å². The van der Waals surface area contributed by atoms with E-state index in [1.165, 1.54) is 94.7 Å². The lowest BCUT2D eigenvalue weighted by Gasteiger charge is -2.18. The molecule has 0 saturated heterocycles. The molecule has 1 heterocycles. The zero-order valence-electron chi connectivity index (χ0n) is 22.1. The predicted molar refractivity (Wildman–Crippen MR) is 150 cm³/mol. The zero-order chi connectivity index (χ0) is 25.1. The van der Waals surface area contributed by atoms with Crippen molar-refractivity contribution in [3.8, 4) is 0 Å². The van der Waals surface area contributed by atoms with Gasteiger partial charge in [-0.3, -0.25) is 9.78 Å². The summed E-state index contributed by atoms with van der Waals surface area (Å²) in [5.41, 5.74) is 10.7. The smallest absolute Gasteiger partial charge is 0.303 e. The minimum atomic E-state index is -0.664. The van der Waals surface area contributed by atoms with Crippen molar-refractivity contribution in [2.24, 2.45) is 0 Å². The Kier molecular flexibility index (Phi) is 14.8.